The minimum absolute atomic E-state index is 0.0443. The number of fused-ring (bicyclic) bond motifs is 1. The summed E-state index contributed by atoms with van der Waals surface area (Å²) in [4.78, 5) is 49.1. The first kappa shape index (κ1) is 33.8. The van der Waals surface area contributed by atoms with Crippen LogP contribution in [0.3, 0.4) is 0 Å². The van der Waals surface area contributed by atoms with E-state index in [9.17, 15) is 14.0 Å². The Labute approximate surface area is 291 Å². The molecule has 4 aromatic rings. The van der Waals surface area contributed by atoms with E-state index < -0.39 is 6.17 Å². The molecule has 3 aromatic heterocycles. The Morgan fingerprint density at radius 3 is 2.62 bits per heavy atom. The minimum atomic E-state index is -0.771. The number of alkyl halides is 1. The summed E-state index contributed by atoms with van der Waals surface area (Å²) in [6.45, 7) is 7.13. The number of rotatable bonds is 10. The number of piperidine rings is 2. The molecule has 6 heterocycles. The van der Waals surface area contributed by atoms with E-state index in [4.69, 9.17) is 4.74 Å². The van der Waals surface area contributed by atoms with Crippen molar-refractivity contribution in [3.05, 3.63) is 78.4 Å². The highest BCUT2D eigenvalue weighted by Crippen LogP contribution is 2.30. The molecule has 0 saturated carbocycles. The fraction of sp³-hybridized carbons (Fsp3) is 0.432. The second kappa shape index (κ2) is 15.9. The zero-order chi connectivity index (χ0) is 34.3. The lowest BCUT2D eigenvalue weighted by atomic mass is 10.0. The van der Waals surface area contributed by atoms with Gasteiger partial charge in [0.15, 0.2) is 0 Å². The van der Waals surface area contributed by atoms with Crippen LogP contribution in [0.2, 0.25) is 0 Å². The van der Waals surface area contributed by atoms with Crippen LogP contribution >= 0.6 is 0 Å². The van der Waals surface area contributed by atoms with Gasteiger partial charge in [0.2, 0.25) is 5.91 Å². The molecule has 3 N–H and O–H groups in total. The van der Waals surface area contributed by atoms with Crippen molar-refractivity contribution in [2.24, 2.45) is 0 Å². The fourth-order valence-corrected chi connectivity index (χ4v) is 7.03. The first-order valence-electron chi connectivity index (χ1n) is 17.6. The fourth-order valence-electron chi connectivity index (χ4n) is 7.03. The zero-order valence-corrected chi connectivity index (χ0v) is 28.2. The van der Waals surface area contributed by atoms with E-state index >= 15 is 0 Å². The quantitative estimate of drug-likeness (QED) is 0.211. The number of amides is 2. The molecule has 3 saturated heterocycles. The maximum absolute atomic E-state index is 13.6. The first-order chi connectivity index (χ1) is 24.5. The summed E-state index contributed by atoms with van der Waals surface area (Å²) in [7, 11) is 0. The van der Waals surface area contributed by atoms with Gasteiger partial charge in [0, 0.05) is 69.0 Å². The van der Waals surface area contributed by atoms with Crippen LogP contribution in [0.25, 0.3) is 22.3 Å². The number of anilines is 2. The van der Waals surface area contributed by atoms with Crippen LogP contribution in [0.15, 0.2) is 67.1 Å². The average molecular weight is 682 g/mol. The van der Waals surface area contributed by atoms with Gasteiger partial charge in [-0.05, 0) is 80.2 Å². The maximum atomic E-state index is 13.6. The average Bonchev–Trinajstić information content (AvgIpc) is 3.57. The number of likely N-dealkylation sites (tertiary alicyclic amines) is 2. The molecule has 3 fully saturated rings. The molecule has 0 radical (unpaired) electrons. The zero-order valence-electron chi connectivity index (χ0n) is 28.2. The third-order valence-corrected chi connectivity index (χ3v) is 9.56. The van der Waals surface area contributed by atoms with E-state index in [2.05, 4.69) is 46.4 Å². The number of nitrogens with zero attached hydrogens (tertiary/aromatic N) is 6. The second-order valence-electron chi connectivity index (χ2n) is 13.3. The predicted octanol–water partition coefficient (Wildman–Crippen LogP) is 4.18. The Morgan fingerprint density at radius 2 is 1.78 bits per heavy atom. The summed E-state index contributed by atoms with van der Waals surface area (Å²) < 4.78 is 19.1. The molecule has 262 valence electrons. The highest BCUT2D eigenvalue weighted by atomic mass is 19.1. The molecule has 13 heteroatoms. The van der Waals surface area contributed by atoms with E-state index in [1.54, 1.807) is 18.6 Å². The largest absolute Gasteiger partial charge is 0.378 e. The van der Waals surface area contributed by atoms with Gasteiger partial charge >= 0.3 is 0 Å². The van der Waals surface area contributed by atoms with Crippen molar-refractivity contribution >= 4 is 34.4 Å². The van der Waals surface area contributed by atoms with Gasteiger partial charge in [0.05, 0.1) is 18.6 Å². The number of aromatic nitrogens is 4. The number of nitrogens with one attached hydrogen (secondary N) is 3. The Hall–Kier alpha value is -4.72. The van der Waals surface area contributed by atoms with E-state index in [-0.39, 0.29) is 17.9 Å². The van der Waals surface area contributed by atoms with Crippen LogP contribution in [0.5, 0.6) is 0 Å². The van der Waals surface area contributed by atoms with Crippen molar-refractivity contribution in [3.63, 3.8) is 0 Å². The van der Waals surface area contributed by atoms with Crippen LogP contribution in [0.4, 0.5) is 15.9 Å². The van der Waals surface area contributed by atoms with E-state index in [0.717, 1.165) is 85.7 Å². The minimum Gasteiger partial charge on any atom is -0.378 e. The van der Waals surface area contributed by atoms with Gasteiger partial charge in [-0.3, -0.25) is 24.4 Å². The molecular weight excluding hydrogens is 637 g/mol. The second-order valence-corrected chi connectivity index (χ2v) is 13.3. The Balaban J connectivity index is 0.915. The van der Waals surface area contributed by atoms with Gasteiger partial charge in [-0.15, -0.1) is 0 Å². The molecule has 50 heavy (non-hydrogen) atoms. The summed E-state index contributed by atoms with van der Waals surface area (Å²) in [6, 6.07) is 13.5. The molecule has 3 aliphatic heterocycles. The number of carbonyl (C=O) groups is 2. The summed E-state index contributed by atoms with van der Waals surface area (Å²) in [5.74, 6) is 0.505. The highest BCUT2D eigenvalue weighted by molar-refractivity contribution is 6.03. The number of hydrogen-bond acceptors (Lipinski definition) is 9. The van der Waals surface area contributed by atoms with Crippen LogP contribution in [0.1, 0.15) is 41.7 Å². The first-order valence-corrected chi connectivity index (χ1v) is 17.6. The lowest BCUT2D eigenvalue weighted by molar-refractivity contribution is -0.117. The van der Waals surface area contributed by atoms with Crippen molar-refractivity contribution < 1.29 is 18.7 Å². The van der Waals surface area contributed by atoms with E-state index in [1.165, 1.54) is 0 Å². The molecule has 12 nitrogen and oxygen atoms in total. The van der Waals surface area contributed by atoms with Crippen molar-refractivity contribution in [3.8, 4) is 11.3 Å². The monoisotopic (exact) mass is 681 g/mol. The van der Waals surface area contributed by atoms with Gasteiger partial charge in [-0.25, -0.2) is 14.4 Å². The molecule has 0 aliphatic carbocycles. The smallest absolute Gasteiger partial charge is 0.274 e. The predicted molar refractivity (Wildman–Crippen MR) is 191 cm³/mol. The summed E-state index contributed by atoms with van der Waals surface area (Å²) in [5, 5.41) is 7.06. The Bertz CT molecular complexity index is 1810. The Kier molecular flexibility index (Phi) is 10.7. The van der Waals surface area contributed by atoms with Gasteiger partial charge in [0.1, 0.15) is 29.7 Å². The number of H-pyrrole nitrogens is 1. The summed E-state index contributed by atoms with van der Waals surface area (Å²) in [6.07, 6.45) is 9.25. The standard InChI is InChI=1S/C37H44FN9O3/c38-28-4-1-13-45(23-28)14-3-6-34(48)42-30-5-2-15-46(24-30)22-26-11-12-39-33(20-26)37(49)43-29-9-7-27(8-10-29)32-21-31-35(44-32)40-25-41-36(31)47-16-18-50-19-17-47/h3,6-12,20-21,25,28,30H,1-2,4-5,13-19,22-24H2,(H,42,48)(H,43,49)(H,40,41,44)/b6-3+/t28-,30?/m1/s1. The number of halogens is 1. The van der Waals surface area contributed by atoms with Gasteiger partial charge in [-0.1, -0.05) is 18.2 Å². The number of pyridine rings is 1. The van der Waals surface area contributed by atoms with Crippen molar-refractivity contribution in [2.45, 2.75) is 44.4 Å². The molecule has 2 amide bonds. The molecule has 0 bridgehead atoms. The third-order valence-electron chi connectivity index (χ3n) is 9.56. The normalized spacial score (nSPS) is 20.7. The summed E-state index contributed by atoms with van der Waals surface area (Å²) >= 11 is 0. The van der Waals surface area contributed by atoms with Crippen molar-refractivity contribution in [1.82, 2.24) is 35.1 Å². The molecule has 0 spiro atoms. The number of hydrogen-bond donors (Lipinski definition) is 3. The topological polar surface area (TPSA) is 132 Å². The number of aromatic amines is 1. The van der Waals surface area contributed by atoms with Crippen LogP contribution < -0.4 is 15.5 Å². The number of ether oxygens (including phenoxy) is 1. The number of benzene rings is 1. The third kappa shape index (κ3) is 8.52. The van der Waals surface area contributed by atoms with Gasteiger partial charge < -0.3 is 25.3 Å². The van der Waals surface area contributed by atoms with Crippen molar-refractivity contribution in [2.75, 3.05) is 69.2 Å². The lowest BCUT2D eigenvalue weighted by Crippen LogP contribution is -2.47. The number of carbonyl (C=O) groups excluding carboxylic acids is 2. The number of morpholine rings is 1. The highest BCUT2D eigenvalue weighted by Gasteiger charge is 2.22. The van der Waals surface area contributed by atoms with Crippen LogP contribution in [-0.4, -0.2) is 113 Å². The van der Waals surface area contributed by atoms with Gasteiger partial charge in [0.25, 0.3) is 5.91 Å². The van der Waals surface area contributed by atoms with E-state index in [1.807, 2.05) is 47.4 Å². The van der Waals surface area contributed by atoms with E-state index in [0.29, 0.717) is 50.7 Å². The summed E-state index contributed by atoms with van der Waals surface area (Å²) in [5.41, 5.74) is 4.66. The van der Waals surface area contributed by atoms with Crippen LogP contribution in [0, 0.1) is 0 Å². The molecular formula is C37H44FN9O3. The SMILES string of the molecule is O=C(/C=C/CN1CCC[C@@H](F)C1)NC1CCCN(Cc2ccnc(C(=O)Nc3ccc(-c4cc5c(N6CCOCC6)ncnc5[nH]4)cc3)c2)C1. The maximum Gasteiger partial charge on any atom is 0.274 e. The lowest BCUT2D eigenvalue weighted by Gasteiger charge is -2.33. The Morgan fingerprint density at radius 1 is 0.960 bits per heavy atom. The van der Waals surface area contributed by atoms with Crippen molar-refractivity contribution in [1.29, 1.82) is 0 Å². The van der Waals surface area contributed by atoms with Gasteiger partial charge in [-0.2, -0.15) is 0 Å². The molecule has 1 unspecified atom stereocenters. The molecule has 1 aromatic carbocycles. The molecule has 2 atom stereocenters. The molecule has 3 aliphatic rings. The van der Waals surface area contributed by atoms with Crippen LogP contribution in [-0.2, 0) is 16.1 Å². The molecule has 7 rings (SSSR count).